The van der Waals surface area contributed by atoms with Crippen molar-refractivity contribution < 1.29 is 28.6 Å². The fourth-order valence-corrected chi connectivity index (χ4v) is 4.95. The zero-order valence-corrected chi connectivity index (χ0v) is 21.6. The van der Waals surface area contributed by atoms with Gasteiger partial charge in [-0.2, -0.15) is 0 Å². The van der Waals surface area contributed by atoms with Crippen LogP contribution >= 0.6 is 0 Å². The summed E-state index contributed by atoms with van der Waals surface area (Å²) in [7, 11) is 1.42. The number of anilines is 1. The van der Waals surface area contributed by atoms with Gasteiger partial charge in [0.15, 0.2) is 11.6 Å². The number of ether oxygens (including phenoxy) is 2. The van der Waals surface area contributed by atoms with Gasteiger partial charge < -0.3 is 29.4 Å². The number of hydrogen-bond donors (Lipinski definition) is 2. The lowest BCUT2D eigenvalue weighted by atomic mass is 9.87. The van der Waals surface area contributed by atoms with Crippen LogP contribution in [0.2, 0.25) is 0 Å². The lowest BCUT2D eigenvalue weighted by Crippen LogP contribution is -2.51. The van der Waals surface area contributed by atoms with Gasteiger partial charge in [-0.1, -0.05) is 0 Å². The molecule has 2 aromatic rings. The molecule has 36 heavy (non-hydrogen) atoms. The van der Waals surface area contributed by atoms with E-state index in [0.717, 1.165) is 18.9 Å². The summed E-state index contributed by atoms with van der Waals surface area (Å²) < 4.78 is 28.4. The number of nitrogens with one attached hydrogen (secondary N) is 1. The summed E-state index contributed by atoms with van der Waals surface area (Å²) in [4.78, 5) is 38.9. The average Bonchev–Trinajstić information content (AvgIpc) is 3.47. The lowest BCUT2D eigenvalue weighted by Gasteiger charge is -2.34. The van der Waals surface area contributed by atoms with Gasteiger partial charge in [-0.25, -0.2) is 14.0 Å². The van der Waals surface area contributed by atoms with Gasteiger partial charge >= 0.3 is 12.1 Å². The molecule has 1 aliphatic carbocycles. The summed E-state index contributed by atoms with van der Waals surface area (Å²) in [5.41, 5.74) is -1.73. The number of alkyl carbamates (subject to hydrolysis) is 1. The molecule has 10 heteroatoms. The summed E-state index contributed by atoms with van der Waals surface area (Å²) in [6.07, 6.45) is 3.20. The number of methoxy groups -OCH3 is 1. The molecule has 0 spiro atoms. The Labute approximate surface area is 209 Å². The number of carboxylic acid groups (broad SMARTS) is 1. The lowest BCUT2D eigenvalue weighted by molar-refractivity contribution is 0.0441. The number of aromatic carboxylic acids is 1. The van der Waals surface area contributed by atoms with Crippen molar-refractivity contribution >= 4 is 28.7 Å². The van der Waals surface area contributed by atoms with Gasteiger partial charge in [0.25, 0.3) is 0 Å². The van der Waals surface area contributed by atoms with Crippen molar-refractivity contribution in [1.29, 1.82) is 0 Å². The number of fused-ring (bicyclic) bond motifs is 1. The summed E-state index contributed by atoms with van der Waals surface area (Å²) >= 11 is 0. The highest BCUT2D eigenvalue weighted by atomic mass is 19.1. The average molecular weight is 504 g/mol. The van der Waals surface area contributed by atoms with E-state index in [1.54, 1.807) is 25.3 Å². The second-order valence-corrected chi connectivity index (χ2v) is 11.2. The Morgan fingerprint density at radius 1 is 1.17 bits per heavy atom. The van der Waals surface area contributed by atoms with Gasteiger partial charge in [0, 0.05) is 36.8 Å². The van der Waals surface area contributed by atoms with Crippen molar-refractivity contribution in [2.75, 3.05) is 25.1 Å². The molecule has 1 aromatic heterocycles. The van der Waals surface area contributed by atoms with Crippen LogP contribution in [0.15, 0.2) is 17.1 Å². The van der Waals surface area contributed by atoms with Crippen molar-refractivity contribution in [3.63, 3.8) is 0 Å². The van der Waals surface area contributed by atoms with Gasteiger partial charge in [-0.05, 0) is 59.9 Å². The number of benzene rings is 1. The van der Waals surface area contributed by atoms with Gasteiger partial charge in [0.05, 0.1) is 18.0 Å². The molecule has 1 atom stereocenters. The fourth-order valence-electron chi connectivity index (χ4n) is 4.95. The molecule has 9 nitrogen and oxygen atoms in total. The minimum Gasteiger partial charge on any atom is -0.492 e. The molecule has 1 saturated carbocycles. The molecule has 1 amide bonds. The Bertz CT molecular complexity index is 1280. The maximum absolute atomic E-state index is 15.6. The molecule has 196 valence electrons. The number of aromatic nitrogens is 1. The second kappa shape index (κ2) is 8.97. The Morgan fingerprint density at radius 2 is 1.83 bits per heavy atom. The maximum Gasteiger partial charge on any atom is 0.408 e. The number of carbonyl (C=O) groups is 2. The number of amides is 1. The molecule has 1 saturated heterocycles. The van der Waals surface area contributed by atoms with Crippen molar-refractivity contribution in [3.05, 3.63) is 33.9 Å². The Hall–Kier alpha value is -3.30. The van der Waals surface area contributed by atoms with Crippen LogP contribution < -0.4 is 20.4 Å². The summed E-state index contributed by atoms with van der Waals surface area (Å²) in [5, 5.41) is 12.5. The molecule has 0 bridgehead atoms. The number of pyridine rings is 1. The number of rotatable bonds is 6. The smallest absolute Gasteiger partial charge is 0.408 e. The van der Waals surface area contributed by atoms with Crippen molar-refractivity contribution in [3.8, 4) is 5.75 Å². The minimum atomic E-state index is -1.35. The highest BCUT2D eigenvalue weighted by molar-refractivity contribution is 5.97. The van der Waals surface area contributed by atoms with Crippen LogP contribution in [0, 0.1) is 11.7 Å². The van der Waals surface area contributed by atoms with Crippen molar-refractivity contribution in [2.45, 2.75) is 71.1 Å². The minimum absolute atomic E-state index is 0.00941. The SMILES string of the molecule is COc1c(N2CCC(C(C)(C)NC(=O)OC(C)(C)C)C2)c(F)cc2c(=O)c(C(=O)O)cn(C3CC3)c12. The molecule has 4 rings (SSSR count). The summed E-state index contributed by atoms with van der Waals surface area (Å²) in [6, 6.07) is 1.15. The monoisotopic (exact) mass is 503 g/mol. The van der Waals surface area contributed by atoms with E-state index in [2.05, 4.69) is 5.32 Å². The topological polar surface area (TPSA) is 110 Å². The van der Waals surface area contributed by atoms with Crippen molar-refractivity contribution in [2.24, 2.45) is 5.92 Å². The van der Waals surface area contributed by atoms with Gasteiger partial charge in [0.1, 0.15) is 16.9 Å². The van der Waals surface area contributed by atoms with E-state index in [1.165, 1.54) is 13.3 Å². The van der Waals surface area contributed by atoms with Crippen LogP contribution in [0.3, 0.4) is 0 Å². The number of nitrogens with zero attached hydrogens (tertiary/aromatic N) is 2. The predicted molar refractivity (Wildman–Crippen MR) is 134 cm³/mol. The first-order valence-electron chi connectivity index (χ1n) is 12.2. The van der Waals surface area contributed by atoms with Crippen molar-refractivity contribution in [1.82, 2.24) is 9.88 Å². The van der Waals surface area contributed by atoms with Crippen LogP contribution in [-0.2, 0) is 4.74 Å². The van der Waals surface area contributed by atoms with Crippen LogP contribution in [0.25, 0.3) is 10.9 Å². The van der Waals surface area contributed by atoms with Crippen LogP contribution in [0.4, 0.5) is 14.9 Å². The van der Waals surface area contributed by atoms with E-state index in [9.17, 15) is 19.5 Å². The molecular weight excluding hydrogens is 469 g/mol. The first kappa shape index (κ1) is 25.8. The summed E-state index contributed by atoms with van der Waals surface area (Å²) in [5.74, 6) is -1.80. The Balaban J connectivity index is 1.72. The van der Waals surface area contributed by atoms with E-state index in [1.807, 2.05) is 18.7 Å². The molecule has 1 aliphatic heterocycles. The molecule has 2 heterocycles. The third-order valence-corrected chi connectivity index (χ3v) is 6.92. The van der Waals surface area contributed by atoms with Crippen LogP contribution in [-0.4, -0.2) is 53.1 Å². The van der Waals surface area contributed by atoms with E-state index in [4.69, 9.17) is 9.47 Å². The second-order valence-electron chi connectivity index (χ2n) is 11.2. The third-order valence-electron chi connectivity index (χ3n) is 6.92. The Morgan fingerprint density at radius 3 is 2.39 bits per heavy atom. The molecular formula is C26H34FN3O6. The number of carbonyl (C=O) groups excluding carboxylic acids is 1. The first-order valence-corrected chi connectivity index (χ1v) is 12.2. The van der Waals surface area contributed by atoms with Crippen LogP contribution in [0.1, 0.15) is 70.3 Å². The molecule has 2 N–H and O–H groups in total. The van der Waals surface area contributed by atoms with Gasteiger partial charge in [-0.15, -0.1) is 0 Å². The fraction of sp³-hybridized carbons (Fsp3) is 0.577. The number of carboxylic acids is 1. The molecule has 1 aromatic carbocycles. The first-order chi connectivity index (χ1) is 16.7. The molecule has 2 fully saturated rings. The Kier molecular flexibility index (Phi) is 6.43. The highest BCUT2D eigenvalue weighted by Gasteiger charge is 2.39. The third kappa shape index (κ3) is 4.85. The van der Waals surface area contributed by atoms with E-state index in [0.29, 0.717) is 25.0 Å². The van der Waals surface area contributed by atoms with Crippen LogP contribution in [0.5, 0.6) is 5.75 Å². The normalized spacial score (nSPS) is 18.4. The molecule has 1 unspecified atom stereocenters. The number of halogens is 1. The molecule has 0 radical (unpaired) electrons. The van der Waals surface area contributed by atoms with E-state index in [-0.39, 0.29) is 34.3 Å². The van der Waals surface area contributed by atoms with E-state index >= 15 is 4.39 Å². The highest BCUT2D eigenvalue weighted by Crippen LogP contribution is 2.45. The largest absolute Gasteiger partial charge is 0.492 e. The predicted octanol–water partition coefficient (Wildman–Crippen LogP) is 4.31. The summed E-state index contributed by atoms with van der Waals surface area (Å²) in [6.45, 7) is 10.2. The quantitative estimate of drug-likeness (QED) is 0.604. The number of hydrogen-bond acceptors (Lipinski definition) is 6. The molecule has 2 aliphatic rings. The standard InChI is InChI=1S/C26H34FN3O6/c1-25(2,3)36-24(34)28-26(4,5)14-9-10-29(12-14)20-18(27)11-16-19(22(20)35-6)30(15-7-8-15)13-17(21(16)31)23(32)33/h11,13-15H,7-10,12H2,1-6H3,(H,28,34)(H,32,33). The zero-order valence-electron chi connectivity index (χ0n) is 21.6. The van der Waals surface area contributed by atoms with Gasteiger partial charge in [0.2, 0.25) is 5.43 Å². The van der Waals surface area contributed by atoms with E-state index < -0.39 is 34.4 Å². The van der Waals surface area contributed by atoms with Gasteiger partial charge in [-0.3, -0.25) is 4.79 Å². The zero-order chi connectivity index (χ0) is 26.6. The maximum atomic E-state index is 15.6.